The Morgan fingerprint density at radius 2 is 1.86 bits per heavy atom. The summed E-state index contributed by atoms with van der Waals surface area (Å²) in [6.45, 7) is 9.36. The average molecular weight is 505 g/mol. The van der Waals surface area contributed by atoms with E-state index in [1.807, 2.05) is 43.3 Å². The van der Waals surface area contributed by atoms with Gasteiger partial charge in [-0.1, -0.05) is 30.8 Å². The van der Waals surface area contributed by atoms with E-state index >= 15 is 0 Å². The minimum atomic E-state index is -0.628. The van der Waals surface area contributed by atoms with Gasteiger partial charge in [0.1, 0.15) is 24.4 Å². The van der Waals surface area contributed by atoms with Crippen LogP contribution in [0.3, 0.4) is 0 Å². The molecule has 2 aliphatic heterocycles. The van der Waals surface area contributed by atoms with Crippen molar-refractivity contribution in [1.29, 1.82) is 0 Å². The number of likely N-dealkylation sites (N-methyl/N-ethyl adjacent to an activating group) is 1. The van der Waals surface area contributed by atoms with Gasteiger partial charge < -0.3 is 29.6 Å². The quantitative estimate of drug-likeness (QED) is 0.449. The second-order valence-corrected chi connectivity index (χ2v) is 9.94. The maximum Gasteiger partial charge on any atom is 0.318 e. The topological polar surface area (TPSA) is 88.4 Å². The Hall–Kier alpha value is -3.40. The van der Waals surface area contributed by atoms with Crippen LogP contribution in [0.5, 0.6) is 11.8 Å². The number of aromatic hydroxyl groups is 1. The summed E-state index contributed by atoms with van der Waals surface area (Å²) in [5, 5.41) is 22.7. The van der Waals surface area contributed by atoms with Crippen molar-refractivity contribution in [2.75, 3.05) is 69.8 Å². The van der Waals surface area contributed by atoms with Gasteiger partial charge in [-0.15, -0.1) is 0 Å². The van der Waals surface area contributed by atoms with Gasteiger partial charge in [-0.25, -0.2) is 0 Å². The van der Waals surface area contributed by atoms with E-state index in [2.05, 4.69) is 27.3 Å². The third kappa shape index (κ3) is 5.49. The molecule has 5 rings (SSSR count). The molecule has 0 radical (unpaired) electrons. The highest BCUT2D eigenvalue weighted by molar-refractivity contribution is 5.95. The van der Waals surface area contributed by atoms with Gasteiger partial charge in [0.2, 0.25) is 0 Å². The van der Waals surface area contributed by atoms with Crippen LogP contribution in [-0.4, -0.2) is 96.2 Å². The van der Waals surface area contributed by atoms with Gasteiger partial charge in [-0.3, -0.25) is 4.90 Å². The molecule has 3 aromatic rings. The fourth-order valence-corrected chi connectivity index (χ4v) is 5.12. The van der Waals surface area contributed by atoms with Crippen LogP contribution in [0.1, 0.15) is 11.3 Å². The molecule has 2 aliphatic rings. The first-order valence-electron chi connectivity index (χ1n) is 12.9. The van der Waals surface area contributed by atoms with Crippen LogP contribution in [0.2, 0.25) is 0 Å². The largest absolute Gasteiger partial charge is 0.508 e. The second kappa shape index (κ2) is 10.9. The van der Waals surface area contributed by atoms with Crippen molar-refractivity contribution in [3.63, 3.8) is 0 Å². The fraction of sp³-hybridized carbons (Fsp3) is 0.429. The highest BCUT2D eigenvalue weighted by Gasteiger charge is 2.29. The molecular formula is C28H36N6O3. The maximum absolute atomic E-state index is 10.4. The minimum absolute atomic E-state index is 0.259. The molecular weight excluding hydrogens is 468 g/mol. The monoisotopic (exact) mass is 504 g/mol. The molecule has 3 heterocycles. The lowest BCUT2D eigenvalue weighted by Crippen LogP contribution is -2.50. The summed E-state index contributed by atoms with van der Waals surface area (Å²) < 4.78 is 6.01. The van der Waals surface area contributed by atoms with E-state index in [-0.39, 0.29) is 5.75 Å². The van der Waals surface area contributed by atoms with Crippen LogP contribution in [0.25, 0.3) is 10.8 Å². The van der Waals surface area contributed by atoms with Crippen molar-refractivity contribution in [3.8, 4) is 11.8 Å². The minimum Gasteiger partial charge on any atom is -0.508 e. The van der Waals surface area contributed by atoms with Gasteiger partial charge in [-0.05, 0) is 38.0 Å². The van der Waals surface area contributed by atoms with Gasteiger partial charge >= 0.3 is 6.01 Å². The molecule has 196 valence electrons. The molecule has 9 heteroatoms. The number of aliphatic hydroxyl groups is 1. The van der Waals surface area contributed by atoms with Gasteiger partial charge in [0, 0.05) is 62.0 Å². The highest BCUT2D eigenvalue weighted by atomic mass is 16.5. The summed E-state index contributed by atoms with van der Waals surface area (Å²) in [5.41, 5.74) is 3.11. The van der Waals surface area contributed by atoms with Crippen molar-refractivity contribution in [2.24, 2.45) is 0 Å². The number of aromatic nitrogens is 2. The van der Waals surface area contributed by atoms with Gasteiger partial charge in [-0.2, -0.15) is 9.97 Å². The van der Waals surface area contributed by atoms with Crippen molar-refractivity contribution >= 4 is 22.3 Å². The predicted octanol–water partition coefficient (Wildman–Crippen LogP) is 2.46. The summed E-state index contributed by atoms with van der Waals surface area (Å²) in [5.74, 6) is 1.19. The van der Waals surface area contributed by atoms with Gasteiger partial charge in [0.05, 0.1) is 12.2 Å². The first kappa shape index (κ1) is 25.3. The average Bonchev–Trinajstić information content (AvgIpc) is 2.91. The van der Waals surface area contributed by atoms with Crippen LogP contribution < -0.4 is 14.5 Å². The van der Waals surface area contributed by atoms with E-state index in [4.69, 9.17) is 14.7 Å². The van der Waals surface area contributed by atoms with E-state index in [0.29, 0.717) is 19.2 Å². The zero-order chi connectivity index (χ0) is 25.9. The molecule has 2 aromatic carbocycles. The summed E-state index contributed by atoms with van der Waals surface area (Å²) in [7, 11) is 4.02. The molecule has 2 N–H and O–H groups in total. The number of nitrogens with zero attached hydrogens (tertiary/aromatic N) is 6. The number of phenols is 1. The zero-order valence-electron chi connectivity index (χ0n) is 21.7. The zero-order valence-corrected chi connectivity index (χ0v) is 21.7. The standard InChI is InChI=1S/C28H36N6O3/c1-4-26(36)32-11-13-33(14-12-32)27-23-9-10-34(19-24(23)29-28(30-27)37-16-15-31(2)3)25-18-21(35)17-20-7-5-6-8-22(20)25/h4-8,17-18,26,35-36H,1,9-16,19H2,2-3H3. The number of hydrogen-bond donors (Lipinski definition) is 2. The molecule has 0 aliphatic carbocycles. The Morgan fingerprint density at radius 3 is 2.62 bits per heavy atom. The number of phenolic OH excluding ortho intramolecular Hbond substituents is 1. The summed E-state index contributed by atoms with van der Waals surface area (Å²) >= 11 is 0. The second-order valence-electron chi connectivity index (χ2n) is 9.94. The van der Waals surface area contributed by atoms with Crippen LogP contribution in [0.15, 0.2) is 49.1 Å². The van der Waals surface area contributed by atoms with Gasteiger partial charge in [0.15, 0.2) is 0 Å². The summed E-state index contributed by atoms with van der Waals surface area (Å²) in [4.78, 5) is 18.4. The Morgan fingerprint density at radius 1 is 1.08 bits per heavy atom. The molecule has 0 spiro atoms. The molecule has 0 bridgehead atoms. The first-order chi connectivity index (χ1) is 17.9. The number of benzene rings is 2. The third-order valence-corrected chi connectivity index (χ3v) is 7.16. The number of aliphatic hydroxyl groups excluding tert-OH is 1. The number of hydrogen-bond acceptors (Lipinski definition) is 9. The summed E-state index contributed by atoms with van der Waals surface area (Å²) in [6.07, 6.45) is 1.73. The number of ether oxygens (including phenoxy) is 1. The molecule has 1 fully saturated rings. The highest BCUT2D eigenvalue weighted by Crippen LogP contribution is 2.36. The number of anilines is 2. The number of rotatable bonds is 8. The summed E-state index contributed by atoms with van der Waals surface area (Å²) in [6, 6.07) is 12.2. The lowest BCUT2D eigenvalue weighted by atomic mass is 10.0. The van der Waals surface area contributed by atoms with Crippen molar-refractivity contribution in [2.45, 2.75) is 19.2 Å². The SMILES string of the molecule is C=CC(O)N1CCN(c2nc(OCCN(C)C)nc3c2CCN(c2cc(O)cc4ccccc24)C3)CC1. The predicted molar refractivity (Wildman–Crippen MR) is 146 cm³/mol. The lowest BCUT2D eigenvalue weighted by molar-refractivity contribution is 0.0379. The molecule has 0 saturated carbocycles. The van der Waals surface area contributed by atoms with E-state index < -0.39 is 6.23 Å². The molecule has 37 heavy (non-hydrogen) atoms. The van der Waals surface area contributed by atoms with Crippen LogP contribution in [0.4, 0.5) is 11.5 Å². The van der Waals surface area contributed by atoms with E-state index in [1.54, 1.807) is 12.1 Å². The molecule has 1 aromatic heterocycles. The Labute approximate surface area is 218 Å². The lowest BCUT2D eigenvalue weighted by Gasteiger charge is -2.39. The third-order valence-electron chi connectivity index (χ3n) is 7.16. The fourth-order valence-electron chi connectivity index (χ4n) is 5.12. The van der Waals surface area contributed by atoms with Crippen LogP contribution >= 0.6 is 0 Å². The van der Waals surface area contributed by atoms with Gasteiger partial charge in [0.25, 0.3) is 0 Å². The normalized spacial score (nSPS) is 17.2. The molecule has 0 amide bonds. The molecule has 1 atom stereocenters. The number of piperazine rings is 1. The number of fused-ring (bicyclic) bond motifs is 2. The van der Waals surface area contributed by atoms with Crippen molar-refractivity contribution in [3.05, 3.63) is 60.3 Å². The van der Waals surface area contributed by atoms with E-state index in [0.717, 1.165) is 79.2 Å². The van der Waals surface area contributed by atoms with Crippen molar-refractivity contribution < 1.29 is 14.9 Å². The Kier molecular flexibility index (Phi) is 7.45. The van der Waals surface area contributed by atoms with E-state index in [1.165, 1.54) is 0 Å². The smallest absolute Gasteiger partial charge is 0.318 e. The molecule has 9 nitrogen and oxygen atoms in total. The molecule has 1 saturated heterocycles. The first-order valence-corrected chi connectivity index (χ1v) is 12.9. The molecule has 1 unspecified atom stereocenters. The van der Waals surface area contributed by atoms with Crippen LogP contribution in [0, 0.1) is 0 Å². The van der Waals surface area contributed by atoms with E-state index in [9.17, 15) is 10.2 Å². The maximum atomic E-state index is 10.4. The Balaban J connectivity index is 1.45. The van der Waals surface area contributed by atoms with Crippen molar-refractivity contribution in [1.82, 2.24) is 19.8 Å². The Bertz CT molecular complexity index is 1260. The van der Waals surface area contributed by atoms with Crippen LogP contribution in [-0.2, 0) is 13.0 Å².